The van der Waals surface area contributed by atoms with E-state index in [-0.39, 0.29) is 24.0 Å². The normalized spacial score (nSPS) is 11.1. The molecule has 0 spiro atoms. The van der Waals surface area contributed by atoms with Gasteiger partial charge in [0.15, 0.2) is 0 Å². The Morgan fingerprint density at radius 3 is 2.43 bits per heavy atom. The van der Waals surface area contributed by atoms with Crippen molar-refractivity contribution in [3.63, 3.8) is 0 Å². The molecule has 1 heterocycles. The number of anilines is 1. The number of ether oxygens (including phenoxy) is 1. The average molecular weight is 390 g/mol. The van der Waals surface area contributed by atoms with E-state index in [2.05, 4.69) is 10.3 Å². The minimum atomic E-state index is -4.48. The third-order valence-corrected chi connectivity index (χ3v) is 3.63. The topological polar surface area (TPSA) is 51.2 Å². The van der Waals surface area contributed by atoms with Gasteiger partial charge in [0.1, 0.15) is 11.6 Å². The molecule has 0 atom stereocenters. The molecular formula is C20H14F4N2O2. The first kappa shape index (κ1) is 19.3. The summed E-state index contributed by atoms with van der Waals surface area (Å²) in [5, 5.41) is 2.60. The van der Waals surface area contributed by atoms with Gasteiger partial charge in [-0.3, -0.25) is 4.79 Å². The Morgan fingerprint density at radius 1 is 1.00 bits per heavy atom. The molecule has 144 valence electrons. The summed E-state index contributed by atoms with van der Waals surface area (Å²) >= 11 is 0. The summed E-state index contributed by atoms with van der Waals surface area (Å²) in [6.45, 7) is 0. The number of hydrogen-bond donors (Lipinski definition) is 1. The van der Waals surface area contributed by atoms with Crippen molar-refractivity contribution in [2.45, 2.75) is 12.6 Å². The van der Waals surface area contributed by atoms with Crippen LogP contribution < -0.4 is 10.1 Å². The highest BCUT2D eigenvalue weighted by molar-refractivity contribution is 5.91. The fraction of sp³-hybridized carbons (Fsp3) is 0.100. The molecule has 0 aliphatic heterocycles. The molecule has 3 rings (SSSR count). The quantitative estimate of drug-likeness (QED) is 0.609. The maximum Gasteiger partial charge on any atom is 0.416 e. The Morgan fingerprint density at radius 2 is 1.71 bits per heavy atom. The van der Waals surface area contributed by atoms with Crippen molar-refractivity contribution >= 4 is 11.6 Å². The van der Waals surface area contributed by atoms with Crippen LogP contribution >= 0.6 is 0 Å². The summed E-state index contributed by atoms with van der Waals surface area (Å²) in [6.07, 6.45) is -4.57. The summed E-state index contributed by atoms with van der Waals surface area (Å²) in [7, 11) is 0. The van der Waals surface area contributed by atoms with Crippen LogP contribution in [0.15, 0.2) is 66.7 Å². The molecule has 2 aromatic carbocycles. The van der Waals surface area contributed by atoms with Crippen molar-refractivity contribution in [3.8, 4) is 11.6 Å². The molecule has 0 radical (unpaired) electrons. The molecule has 1 aromatic heterocycles. The summed E-state index contributed by atoms with van der Waals surface area (Å²) in [5.41, 5.74) is -0.0355. The second kappa shape index (κ2) is 8.08. The van der Waals surface area contributed by atoms with Crippen LogP contribution in [0.1, 0.15) is 11.3 Å². The second-order valence-electron chi connectivity index (χ2n) is 5.83. The number of nitrogens with one attached hydrogen (secondary N) is 1. The van der Waals surface area contributed by atoms with Gasteiger partial charge in [0.05, 0.1) is 17.7 Å². The van der Waals surface area contributed by atoms with Gasteiger partial charge in [0.25, 0.3) is 0 Å². The fourth-order valence-corrected chi connectivity index (χ4v) is 2.37. The highest BCUT2D eigenvalue weighted by atomic mass is 19.4. The van der Waals surface area contributed by atoms with Gasteiger partial charge in [0, 0.05) is 11.8 Å². The first-order valence-corrected chi connectivity index (χ1v) is 8.16. The molecule has 0 saturated carbocycles. The Hall–Kier alpha value is -3.42. The predicted molar refractivity (Wildman–Crippen MR) is 94.5 cm³/mol. The minimum Gasteiger partial charge on any atom is -0.439 e. The number of amides is 1. The smallest absolute Gasteiger partial charge is 0.416 e. The Labute approximate surface area is 157 Å². The molecule has 3 aromatic rings. The van der Waals surface area contributed by atoms with Gasteiger partial charge in [-0.25, -0.2) is 9.37 Å². The maximum absolute atomic E-state index is 12.9. The number of halogens is 4. The predicted octanol–water partition coefficient (Wildman–Crippen LogP) is 5.21. The van der Waals surface area contributed by atoms with Crippen LogP contribution in [-0.2, 0) is 17.4 Å². The van der Waals surface area contributed by atoms with Crippen molar-refractivity contribution in [1.82, 2.24) is 4.98 Å². The number of alkyl halides is 3. The van der Waals surface area contributed by atoms with Gasteiger partial charge >= 0.3 is 6.18 Å². The number of pyridine rings is 1. The zero-order valence-electron chi connectivity index (χ0n) is 14.3. The SMILES string of the molecule is O=C(Cc1cccc(Oc2cccc(C(F)(F)F)c2)n1)Nc1ccc(F)cc1. The summed E-state index contributed by atoms with van der Waals surface area (Å²) in [6, 6.07) is 14.4. The second-order valence-corrected chi connectivity index (χ2v) is 5.83. The van der Waals surface area contributed by atoms with Gasteiger partial charge < -0.3 is 10.1 Å². The molecule has 28 heavy (non-hydrogen) atoms. The third kappa shape index (κ3) is 5.29. The maximum atomic E-state index is 12.9. The van der Waals surface area contributed by atoms with E-state index in [1.54, 1.807) is 12.1 Å². The van der Waals surface area contributed by atoms with Crippen LogP contribution in [0.5, 0.6) is 11.6 Å². The average Bonchev–Trinajstić information content (AvgIpc) is 2.63. The van der Waals surface area contributed by atoms with E-state index in [1.165, 1.54) is 42.5 Å². The van der Waals surface area contributed by atoms with E-state index in [0.717, 1.165) is 12.1 Å². The number of rotatable bonds is 5. The monoisotopic (exact) mass is 390 g/mol. The van der Waals surface area contributed by atoms with Crippen LogP contribution in [0, 0.1) is 5.82 Å². The number of nitrogens with zero attached hydrogens (tertiary/aromatic N) is 1. The van der Waals surface area contributed by atoms with Gasteiger partial charge in [-0.2, -0.15) is 13.2 Å². The number of carbonyl (C=O) groups is 1. The number of hydrogen-bond acceptors (Lipinski definition) is 3. The van der Waals surface area contributed by atoms with Gasteiger partial charge in [-0.05, 0) is 48.5 Å². The Balaban J connectivity index is 1.67. The molecule has 0 fully saturated rings. The molecule has 4 nitrogen and oxygen atoms in total. The zero-order valence-corrected chi connectivity index (χ0v) is 14.3. The van der Waals surface area contributed by atoms with Gasteiger partial charge in [-0.15, -0.1) is 0 Å². The van der Waals surface area contributed by atoms with E-state index in [9.17, 15) is 22.4 Å². The van der Waals surface area contributed by atoms with Crippen molar-refractivity contribution in [2.75, 3.05) is 5.32 Å². The van der Waals surface area contributed by atoms with Gasteiger partial charge in [-0.1, -0.05) is 12.1 Å². The standard InChI is InChI=1S/C20H14F4N2O2/c21-14-7-9-15(10-8-14)25-18(27)12-16-4-2-6-19(26-16)28-17-5-1-3-13(11-17)20(22,23)24/h1-11H,12H2,(H,25,27). The largest absolute Gasteiger partial charge is 0.439 e. The van der Waals surface area contributed by atoms with Crippen molar-refractivity contribution in [2.24, 2.45) is 0 Å². The molecule has 0 bridgehead atoms. The van der Waals surface area contributed by atoms with E-state index in [0.29, 0.717) is 11.4 Å². The first-order chi connectivity index (χ1) is 13.3. The van der Waals surface area contributed by atoms with E-state index in [4.69, 9.17) is 4.74 Å². The Kier molecular flexibility index (Phi) is 5.58. The van der Waals surface area contributed by atoms with Gasteiger partial charge in [0.2, 0.25) is 11.8 Å². The zero-order chi connectivity index (χ0) is 20.1. The lowest BCUT2D eigenvalue weighted by Crippen LogP contribution is -2.15. The fourth-order valence-electron chi connectivity index (χ4n) is 2.37. The molecular weight excluding hydrogens is 376 g/mol. The summed E-state index contributed by atoms with van der Waals surface area (Å²) in [4.78, 5) is 16.2. The lowest BCUT2D eigenvalue weighted by molar-refractivity contribution is -0.137. The minimum absolute atomic E-state index is 0.0183. The van der Waals surface area contributed by atoms with E-state index >= 15 is 0 Å². The molecule has 1 N–H and O–H groups in total. The molecule has 1 amide bonds. The number of carbonyl (C=O) groups excluding carboxylic acids is 1. The van der Waals surface area contributed by atoms with Crippen LogP contribution in [0.25, 0.3) is 0 Å². The van der Waals surface area contributed by atoms with E-state index < -0.39 is 17.6 Å². The van der Waals surface area contributed by atoms with Crippen molar-refractivity contribution in [3.05, 3.63) is 83.8 Å². The summed E-state index contributed by atoms with van der Waals surface area (Å²) in [5.74, 6) is -0.754. The molecule has 0 unspecified atom stereocenters. The lowest BCUT2D eigenvalue weighted by Gasteiger charge is -2.10. The van der Waals surface area contributed by atoms with Crippen LogP contribution in [-0.4, -0.2) is 10.9 Å². The highest BCUT2D eigenvalue weighted by Gasteiger charge is 2.30. The molecule has 0 aliphatic rings. The Bertz CT molecular complexity index is 972. The first-order valence-electron chi connectivity index (χ1n) is 8.16. The lowest BCUT2D eigenvalue weighted by atomic mass is 10.2. The van der Waals surface area contributed by atoms with Crippen molar-refractivity contribution < 1.29 is 27.1 Å². The number of aromatic nitrogens is 1. The molecule has 8 heteroatoms. The van der Waals surface area contributed by atoms with E-state index in [1.807, 2.05) is 0 Å². The molecule has 0 aliphatic carbocycles. The summed E-state index contributed by atoms with van der Waals surface area (Å²) < 4.78 is 56.6. The van der Waals surface area contributed by atoms with Crippen LogP contribution in [0.3, 0.4) is 0 Å². The van der Waals surface area contributed by atoms with Crippen LogP contribution in [0.2, 0.25) is 0 Å². The van der Waals surface area contributed by atoms with Crippen molar-refractivity contribution in [1.29, 1.82) is 0 Å². The number of benzene rings is 2. The highest BCUT2D eigenvalue weighted by Crippen LogP contribution is 2.32. The van der Waals surface area contributed by atoms with Crippen LogP contribution in [0.4, 0.5) is 23.2 Å². The molecule has 0 saturated heterocycles. The third-order valence-electron chi connectivity index (χ3n) is 3.63.